The van der Waals surface area contributed by atoms with Crippen molar-refractivity contribution in [1.29, 1.82) is 0 Å². The van der Waals surface area contributed by atoms with Crippen LogP contribution in [0.2, 0.25) is 0 Å². The quantitative estimate of drug-likeness (QED) is 0.406. The van der Waals surface area contributed by atoms with Crippen molar-refractivity contribution < 1.29 is 8.95 Å². The fraction of sp³-hybridized carbons (Fsp3) is 0.611. The second-order valence-electron chi connectivity index (χ2n) is 6.39. The topological polar surface area (TPSA) is 62.7 Å². The molecule has 2 N–H and O–H groups in total. The molecule has 0 spiro atoms. The van der Waals surface area contributed by atoms with Crippen molar-refractivity contribution in [2.75, 3.05) is 32.0 Å². The molecule has 1 aromatic carbocycles. The predicted molar refractivity (Wildman–Crippen MR) is 103 cm³/mol. The van der Waals surface area contributed by atoms with Gasteiger partial charge in [-0.15, -0.1) is 0 Å². The maximum atomic E-state index is 12.0. The largest absolute Gasteiger partial charge is 0.375 e. The van der Waals surface area contributed by atoms with Gasteiger partial charge >= 0.3 is 0 Å². The van der Waals surface area contributed by atoms with Crippen molar-refractivity contribution in [3.8, 4) is 0 Å². The molecule has 6 heteroatoms. The summed E-state index contributed by atoms with van der Waals surface area (Å²) in [7, 11) is -0.858. The molecular weight excluding hydrogens is 322 g/mol. The first-order chi connectivity index (χ1) is 11.4. The van der Waals surface area contributed by atoms with Crippen molar-refractivity contribution in [3.63, 3.8) is 0 Å². The Kier molecular flexibility index (Phi) is 9.64. The molecule has 1 atom stereocenters. The molecule has 5 nitrogen and oxygen atoms in total. The van der Waals surface area contributed by atoms with E-state index in [1.165, 1.54) is 0 Å². The Morgan fingerprint density at radius 1 is 1.21 bits per heavy atom. The van der Waals surface area contributed by atoms with Gasteiger partial charge in [-0.25, -0.2) is 0 Å². The number of guanidine groups is 1. The average Bonchev–Trinajstić information content (AvgIpc) is 2.54. The lowest BCUT2D eigenvalue weighted by molar-refractivity contribution is 0.128. The second-order valence-corrected chi connectivity index (χ2v) is 8.71. The molecule has 136 valence electrons. The number of hydrogen-bond donors (Lipinski definition) is 2. The van der Waals surface area contributed by atoms with Gasteiger partial charge in [-0.1, -0.05) is 30.3 Å². The molecule has 1 rings (SSSR count). The van der Waals surface area contributed by atoms with E-state index in [0.717, 1.165) is 18.1 Å². The SMILES string of the molecule is CCNC(=NCCOCc1ccccc1)NCCS(=O)C(C)(C)C. The zero-order valence-electron chi connectivity index (χ0n) is 15.3. The van der Waals surface area contributed by atoms with E-state index in [-0.39, 0.29) is 4.75 Å². The molecule has 0 saturated heterocycles. The molecule has 0 heterocycles. The Morgan fingerprint density at radius 3 is 2.54 bits per heavy atom. The number of hydrogen-bond acceptors (Lipinski definition) is 3. The lowest BCUT2D eigenvalue weighted by Gasteiger charge is -2.18. The van der Waals surface area contributed by atoms with Crippen LogP contribution < -0.4 is 10.6 Å². The Hall–Kier alpha value is -1.40. The molecule has 0 aliphatic rings. The zero-order chi connectivity index (χ0) is 17.8. The summed E-state index contributed by atoms with van der Waals surface area (Å²) in [6.07, 6.45) is 0. The third kappa shape index (κ3) is 9.03. The van der Waals surface area contributed by atoms with E-state index < -0.39 is 10.8 Å². The van der Waals surface area contributed by atoms with Gasteiger partial charge in [0.25, 0.3) is 0 Å². The number of aliphatic imine (C=N–C) groups is 1. The van der Waals surface area contributed by atoms with Crippen molar-refractivity contribution in [1.82, 2.24) is 10.6 Å². The first-order valence-corrected chi connectivity index (χ1v) is 9.77. The summed E-state index contributed by atoms with van der Waals surface area (Å²) in [6, 6.07) is 10.1. The van der Waals surface area contributed by atoms with E-state index >= 15 is 0 Å². The van der Waals surface area contributed by atoms with E-state index in [2.05, 4.69) is 15.6 Å². The fourth-order valence-corrected chi connectivity index (χ4v) is 2.80. The highest BCUT2D eigenvalue weighted by atomic mass is 32.2. The maximum absolute atomic E-state index is 12.0. The van der Waals surface area contributed by atoms with Crippen LogP contribution in [-0.2, 0) is 22.1 Å². The summed E-state index contributed by atoms with van der Waals surface area (Å²) in [4.78, 5) is 4.47. The van der Waals surface area contributed by atoms with Gasteiger partial charge in [0.2, 0.25) is 0 Å². The molecule has 1 unspecified atom stereocenters. The molecule has 0 aliphatic carbocycles. The van der Waals surface area contributed by atoms with Crippen LogP contribution in [0.3, 0.4) is 0 Å². The van der Waals surface area contributed by atoms with Gasteiger partial charge in [0, 0.05) is 34.4 Å². The standard InChI is InChI=1S/C18H31N3O2S/c1-5-19-17(21-12-14-24(22)18(2,3)4)20-11-13-23-15-16-9-7-6-8-10-16/h6-10H,5,11-15H2,1-4H3,(H2,19,20,21). The number of nitrogens with one attached hydrogen (secondary N) is 2. The molecule has 0 saturated carbocycles. The highest BCUT2D eigenvalue weighted by molar-refractivity contribution is 7.86. The van der Waals surface area contributed by atoms with Crippen molar-refractivity contribution in [3.05, 3.63) is 35.9 Å². The van der Waals surface area contributed by atoms with Gasteiger partial charge in [0.05, 0.1) is 19.8 Å². The predicted octanol–water partition coefficient (Wildman–Crippen LogP) is 2.31. The summed E-state index contributed by atoms with van der Waals surface area (Å²) in [5, 5.41) is 6.41. The normalized spacial score (nSPS) is 13.6. The van der Waals surface area contributed by atoms with Gasteiger partial charge < -0.3 is 15.4 Å². The number of benzene rings is 1. The molecule has 0 aliphatic heterocycles. The highest BCUT2D eigenvalue weighted by Crippen LogP contribution is 2.10. The van der Waals surface area contributed by atoms with Crippen LogP contribution in [0.15, 0.2) is 35.3 Å². The number of rotatable bonds is 9. The molecule has 0 amide bonds. The molecule has 0 radical (unpaired) electrons. The lowest BCUT2D eigenvalue weighted by Crippen LogP contribution is -2.40. The second kappa shape index (κ2) is 11.2. The van der Waals surface area contributed by atoms with E-state index in [0.29, 0.717) is 32.1 Å². The molecule has 0 fully saturated rings. The van der Waals surface area contributed by atoms with E-state index in [4.69, 9.17) is 4.74 Å². The van der Waals surface area contributed by atoms with Gasteiger partial charge in [-0.3, -0.25) is 9.20 Å². The highest BCUT2D eigenvalue weighted by Gasteiger charge is 2.18. The van der Waals surface area contributed by atoms with Crippen molar-refractivity contribution in [2.24, 2.45) is 4.99 Å². The van der Waals surface area contributed by atoms with Crippen LogP contribution in [0.4, 0.5) is 0 Å². The lowest BCUT2D eigenvalue weighted by atomic mass is 10.2. The van der Waals surface area contributed by atoms with Crippen LogP contribution in [0, 0.1) is 0 Å². The Morgan fingerprint density at radius 2 is 1.92 bits per heavy atom. The van der Waals surface area contributed by atoms with E-state index in [1.807, 2.05) is 58.0 Å². The van der Waals surface area contributed by atoms with Crippen molar-refractivity contribution in [2.45, 2.75) is 39.0 Å². The van der Waals surface area contributed by atoms with Crippen molar-refractivity contribution >= 4 is 16.8 Å². The Balaban J connectivity index is 2.28. The molecule has 24 heavy (non-hydrogen) atoms. The van der Waals surface area contributed by atoms with Gasteiger partial charge in [0.15, 0.2) is 5.96 Å². The van der Waals surface area contributed by atoms with E-state index in [1.54, 1.807) is 0 Å². The zero-order valence-corrected chi connectivity index (χ0v) is 16.1. The van der Waals surface area contributed by atoms with Crippen LogP contribution in [0.1, 0.15) is 33.3 Å². The molecule has 1 aromatic rings. The molecular formula is C18H31N3O2S. The van der Waals surface area contributed by atoms with Gasteiger partial charge in [-0.05, 0) is 33.3 Å². The Labute approximate surface area is 148 Å². The van der Waals surface area contributed by atoms with Crippen LogP contribution in [0.25, 0.3) is 0 Å². The monoisotopic (exact) mass is 353 g/mol. The fourth-order valence-electron chi connectivity index (χ4n) is 1.90. The van der Waals surface area contributed by atoms with Crippen LogP contribution in [-0.4, -0.2) is 46.9 Å². The van der Waals surface area contributed by atoms with Gasteiger partial charge in [0.1, 0.15) is 0 Å². The van der Waals surface area contributed by atoms with Crippen LogP contribution >= 0.6 is 0 Å². The first kappa shape index (κ1) is 20.6. The maximum Gasteiger partial charge on any atom is 0.191 e. The minimum absolute atomic E-state index is 0.178. The smallest absolute Gasteiger partial charge is 0.191 e. The summed E-state index contributed by atoms with van der Waals surface area (Å²) in [6.45, 7) is 11.2. The average molecular weight is 354 g/mol. The third-order valence-electron chi connectivity index (χ3n) is 3.22. The summed E-state index contributed by atoms with van der Waals surface area (Å²) in [5.41, 5.74) is 1.16. The first-order valence-electron chi connectivity index (χ1n) is 8.46. The van der Waals surface area contributed by atoms with Gasteiger partial charge in [-0.2, -0.15) is 0 Å². The Bertz CT molecular complexity index is 513. The minimum Gasteiger partial charge on any atom is -0.375 e. The minimum atomic E-state index is -0.858. The number of ether oxygens (including phenoxy) is 1. The number of nitrogens with zero attached hydrogens (tertiary/aromatic N) is 1. The van der Waals surface area contributed by atoms with E-state index in [9.17, 15) is 4.21 Å². The molecule has 0 bridgehead atoms. The van der Waals surface area contributed by atoms with Crippen LogP contribution in [0.5, 0.6) is 0 Å². The molecule has 0 aromatic heterocycles. The summed E-state index contributed by atoms with van der Waals surface area (Å²) < 4.78 is 17.5. The summed E-state index contributed by atoms with van der Waals surface area (Å²) >= 11 is 0. The summed E-state index contributed by atoms with van der Waals surface area (Å²) in [5.74, 6) is 1.35. The third-order valence-corrected chi connectivity index (χ3v) is 5.17.